The van der Waals surface area contributed by atoms with Crippen molar-refractivity contribution in [2.24, 2.45) is 10.1 Å². The van der Waals surface area contributed by atoms with E-state index in [9.17, 15) is 9.59 Å². The number of carbonyl (C=O) groups excluding carboxylic acids is 2. The summed E-state index contributed by atoms with van der Waals surface area (Å²) < 4.78 is 1.69. The second-order valence-electron chi connectivity index (χ2n) is 6.06. The summed E-state index contributed by atoms with van der Waals surface area (Å²) in [5.74, 6) is -0.408. The Kier molecular flexibility index (Phi) is 6.30. The molecule has 2 heterocycles. The number of rotatable bonds is 5. The summed E-state index contributed by atoms with van der Waals surface area (Å²) in [6, 6.07) is 10.9. The fourth-order valence-electron chi connectivity index (χ4n) is 2.66. The van der Waals surface area contributed by atoms with Crippen molar-refractivity contribution in [1.82, 2.24) is 9.66 Å². The average molecular weight is 408 g/mol. The van der Waals surface area contributed by atoms with Crippen LogP contribution in [0, 0.1) is 0 Å². The Morgan fingerprint density at radius 2 is 1.93 bits per heavy atom. The molecule has 9 heteroatoms. The van der Waals surface area contributed by atoms with E-state index in [-0.39, 0.29) is 11.8 Å². The zero-order valence-corrected chi connectivity index (χ0v) is 17.0. The number of carbonyl (C=O) groups is 2. The topological polar surface area (TPSA) is 101 Å². The van der Waals surface area contributed by atoms with Crippen molar-refractivity contribution in [1.29, 1.82) is 0 Å². The van der Waals surface area contributed by atoms with Gasteiger partial charge in [-0.3, -0.25) is 19.6 Å². The minimum Gasteiger partial charge on any atom is -0.326 e. The van der Waals surface area contributed by atoms with Gasteiger partial charge < -0.3 is 10.6 Å². The van der Waals surface area contributed by atoms with Gasteiger partial charge in [0.1, 0.15) is 0 Å². The van der Waals surface area contributed by atoms with E-state index < -0.39 is 0 Å². The van der Waals surface area contributed by atoms with Gasteiger partial charge in [-0.05, 0) is 30.3 Å². The predicted molar refractivity (Wildman–Crippen MR) is 115 cm³/mol. The molecule has 1 aromatic carbocycles. The fraction of sp³-hybridized carbons (Fsp3) is 0.150. The number of benzene rings is 1. The molecule has 0 bridgehead atoms. The van der Waals surface area contributed by atoms with Gasteiger partial charge in [-0.25, -0.2) is 4.68 Å². The predicted octanol–water partition coefficient (Wildman–Crippen LogP) is 2.94. The van der Waals surface area contributed by atoms with Crippen molar-refractivity contribution < 1.29 is 9.59 Å². The van der Waals surface area contributed by atoms with Crippen molar-refractivity contribution >= 4 is 40.7 Å². The first kappa shape index (κ1) is 20.2. The summed E-state index contributed by atoms with van der Waals surface area (Å²) in [4.78, 5) is 32.3. The van der Waals surface area contributed by atoms with Crippen molar-refractivity contribution in [3.05, 3.63) is 58.5 Å². The molecule has 0 aliphatic rings. The van der Waals surface area contributed by atoms with E-state index >= 15 is 0 Å². The largest absolute Gasteiger partial charge is 0.326 e. The molecule has 3 aromatic rings. The molecule has 0 saturated heterocycles. The molecule has 0 unspecified atom stereocenters. The standard InChI is InChI=1S/C20H20N6O2S/c1-13(27)24-15-7-8-17(18(10-15)25-14(2)28)19-12-29-20(21-3)26(19)23-11-16-6-4-5-9-22-16/h4-12H,1-3H3,(H,24,27)(H,25,28)/b21-20?,23-11-. The Morgan fingerprint density at radius 3 is 2.59 bits per heavy atom. The van der Waals surface area contributed by atoms with E-state index in [2.05, 4.69) is 25.7 Å². The lowest BCUT2D eigenvalue weighted by Crippen LogP contribution is -2.13. The van der Waals surface area contributed by atoms with E-state index in [1.165, 1.54) is 25.2 Å². The number of hydrogen-bond acceptors (Lipinski definition) is 6. The van der Waals surface area contributed by atoms with E-state index in [1.807, 2.05) is 29.6 Å². The molecule has 2 aromatic heterocycles. The molecule has 148 valence electrons. The molecule has 2 N–H and O–H groups in total. The molecule has 8 nitrogen and oxygen atoms in total. The van der Waals surface area contributed by atoms with Crippen molar-refractivity contribution in [2.45, 2.75) is 13.8 Å². The summed E-state index contributed by atoms with van der Waals surface area (Å²) in [6.07, 6.45) is 3.34. The van der Waals surface area contributed by atoms with E-state index in [1.54, 1.807) is 36.3 Å². The smallest absolute Gasteiger partial charge is 0.221 e. The Balaban J connectivity index is 2.10. The third kappa shape index (κ3) is 5.02. The number of pyridine rings is 1. The van der Waals surface area contributed by atoms with Crippen LogP contribution in [0.1, 0.15) is 19.5 Å². The van der Waals surface area contributed by atoms with Gasteiger partial charge in [-0.2, -0.15) is 5.10 Å². The average Bonchev–Trinajstić information content (AvgIpc) is 3.09. The minimum absolute atomic E-state index is 0.191. The van der Waals surface area contributed by atoms with Crippen molar-refractivity contribution in [2.75, 3.05) is 17.7 Å². The van der Waals surface area contributed by atoms with E-state index in [0.29, 0.717) is 21.9 Å². The first-order valence-corrected chi connectivity index (χ1v) is 9.64. The number of nitrogens with zero attached hydrogens (tertiary/aromatic N) is 4. The van der Waals surface area contributed by atoms with Crippen LogP contribution in [-0.4, -0.2) is 34.7 Å². The molecular weight excluding hydrogens is 388 g/mol. The van der Waals surface area contributed by atoms with Crippen LogP contribution in [0.25, 0.3) is 11.3 Å². The molecular formula is C20H20N6O2S. The summed E-state index contributed by atoms with van der Waals surface area (Å²) in [7, 11) is 1.69. The molecule has 0 radical (unpaired) electrons. The zero-order valence-electron chi connectivity index (χ0n) is 16.2. The number of nitrogens with one attached hydrogen (secondary N) is 2. The van der Waals surface area contributed by atoms with Crippen LogP contribution in [0.3, 0.4) is 0 Å². The Labute approximate surface area is 171 Å². The van der Waals surface area contributed by atoms with Crippen LogP contribution >= 0.6 is 11.3 Å². The summed E-state index contributed by atoms with van der Waals surface area (Å²) in [5.41, 5.74) is 3.36. The van der Waals surface area contributed by atoms with Crippen molar-refractivity contribution in [3.8, 4) is 11.3 Å². The number of anilines is 2. The van der Waals surface area contributed by atoms with Gasteiger partial charge >= 0.3 is 0 Å². The summed E-state index contributed by atoms with van der Waals surface area (Å²) in [5, 5.41) is 12.0. The van der Waals surface area contributed by atoms with E-state index in [0.717, 1.165) is 11.3 Å². The van der Waals surface area contributed by atoms with Crippen LogP contribution in [0.4, 0.5) is 11.4 Å². The van der Waals surface area contributed by atoms with Crippen LogP contribution < -0.4 is 15.4 Å². The van der Waals surface area contributed by atoms with Crippen molar-refractivity contribution in [3.63, 3.8) is 0 Å². The number of aromatic nitrogens is 2. The van der Waals surface area contributed by atoms with Gasteiger partial charge in [0, 0.05) is 43.7 Å². The monoisotopic (exact) mass is 408 g/mol. The van der Waals surface area contributed by atoms with Crippen LogP contribution in [-0.2, 0) is 9.59 Å². The van der Waals surface area contributed by atoms with Gasteiger partial charge in [-0.15, -0.1) is 11.3 Å². The Hall–Kier alpha value is -3.59. The Morgan fingerprint density at radius 1 is 1.14 bits per heavy atom. The van der Waals surface area contributed by atoms with E-state index in [4.69, 9.17) is 0 Å². The molecule has 2 amide bonds. The molecule has 3 rings (SSSR count). The Bertz CT molecular complexity index is 1130. The number of hydrogen-bond donors (Lipinski definition) is 2. The second kappa shape index (κ2) is 9.07. The van der Waals surface area contributed by atoms with Gasteiger partial charge in [0.05, 0.1) is 23.3 Å². The highest BCUT2D eigenvalue weighted by Gasteiger charge is 2.14. The first-order valence-electron chi connectivity index (χ1n) is 8.76. The summed E-state index contributed by atoms with van der Waals surface area (Å²) in [6.45, 7) is 2.86. The molecule has 0 aliphatic carbocycles. The number of thiazole rings is 1. The maximum atomic E-state index is 11.7. The van der Waals surface area contributed by atoms with Gasteiger partial charge in [0.2, 0.25) is 16.6 Å². The van der Waals surface area contributed by atoms with Crippen LogP contribution in [0.15, 0.2) is 58.1 Å². The molecule has 0 aliphatic heterocycles. The lowest BCUT2D eigenvalue weighted by molar-refractivity contribution is -0.115. The first-order chi connectivity index (χ1) is 14.0. The van der Waals surface area contributed by atoms with Gasteiger partial charge in [-0.1, -0.05) is 6.07 Å². The summed E-state index contributed by atoms with van der Waals surface area (Å²) >= 11 is 1.43. The highest BCUT2D eigenvalue weighted by Crippen LogP contribution is 2.31. The maximum absolute atomic E-state index is 11.7. The maximum Gasteiger partial charge on any atom is 0.221 e. The molecule has 0 atom stereocenters. The normalized spacial score (nSPS) is 11.6. The molecule has 0 saturated carbocycles. The molecule has 0 spiro atoms. The quantitative estimate of drug-likeness (QED) is 0.635. The van der Waals surface area contributed by atoms with Gasteiger partial charge in [0.15, 0.2) is 0 Å². The lowest BCUT2D eigenvalue weighted by Gasteiger charge is -2.13. The van der Waals surface area contributed by atoms with Crippen LogP contribution in [0.5, 0.6) is 0 Å². The highest BCUT2D eigenvalue weighted by molar-refractivity contribution is 7.07. The van der Waals surface area contributed by atoms with Gasteiger partial charge in [0.25, 0.3) is 0 Å². The zero-order chi connectivity index (χ0) is 20.8. The SMILES string of the molecule is CN=c1scc(-c2ccc(NC(C)=O)cc2NC(C)=O)n1/N=C\c1ccccn1. The third-order valence-electron chi connectivity index (χ3n) is 3.80. The molecule has 29 heavy (non-hydrogen) atoms. The fourth-order valence-corrected chi connectivity index (χ4v) is 3.45. The lowest BCUT2D eigenvalue weighted by atomic mass is 10.1. The molecule has 0 fully saturated rings. The third-order valence-corrected chi connectivity index (χ3v) is 4.70. The van der Waals surface area contributed by atoms with Crippen LogP contribution in [0.2, 0.25) is 0 Å². The highest BCUT2D eigenvalue weighted by atomic mass is 32.1. The number of amides is 2. The minimum atomic E-state index is -0.217. The second-order valence-corrected chi connectivity index (χ2v) is 6.90.